The molecule has 2 aromatic rings. The Morgan fingerprint density at radius 3 is 2.26 bits per heavy atom. The van der Waals surface area contributed by atoms with E-state index in [2.05, 4.69) is 19.1 Å². The molecular weight excluding hydrogens is 236 g/mol. The van der Waals surface area contributed by atoms with Crippen molar-refractivity contribution in [3.8, 4) is 11.1 Å². The largest absolute Gasteiger partial charge is 0.370 e. The van der Waals surface area contributed by atoms with Gasteiger partial charge in [0.1, 0.15) is 0 Å². The van der Waals surface area contributed by atoms with Crippen LogP contribution in [0.25, 0.3) is 11.1 Å². The van der Waals surface area contributed by atoms with Gasteiger partial charge in [-0.3, -0.25) is 4.79 Å². The Labute approximate surface area is 113 Å². The molecule has 0 spiro atoms. The first-order valence-corrected chi connectivity index (χ1v) is 6.28. The highest BCUT2D eigenvalue weighted by molar-refractivity contribution is 5.76. The van der Waals surface area contributed by atoms with Gasteiger partial charge in [-0.05, 0) is 29.2 Å². The molecule has 0 aliphatic heterocycles. The van der Waals surface area contributed by atoms with Gasteiger partial charge in [-0.25, -0.2) is 0 Å². The molecule has 4 N–H and O–H groups in total. The van der Waals surface area contributed by atoms with Gasteiger partial charge in [0, 0.05) is 12.5 Å². The van der Waals surface area contributed by atoms with Crippen LogP contribution >= 0.6 is 0 Å². The normalized spacial score (nSPS) is 12.1. The standard InChI is InChI=1S/C16H18N2O/c1-11-6-2-3-7-12(11)13-8-4-5-9-14(13)15(17)10-16(18)19/h2-9,15H,10,17H2,1H3,(H2,18,19). The van der Waals surface area contributed by atoms with E-state index < -0.39 is 0 Å². The van der Waals surface area contributed by atoms with E-state index in [1.54, 1.807) is 0 Å². The number of carbonyl (C=O) groups excluding carboxylic acids is 1. The number of aryl methyl sites for hydroxylation is 1. The molecule has 98 valence electrons. The number of amides is 1. The van der Waals surface area contributed by atoms with E-state index in [4.69, 9.17) is 11.5 Å². The lowest BCUT2D eigenvalue weighted by atomic mass is 9.91. The smallest absolute Gasteiger partial charge is 0.219 e. The van der Waals surface area contributed by atoms with Crippen LogP contribution in [0, 0.1) is 6.92 Å². The third kappa shape index (κ3) is 3.01. The van der Waals surface area contributed by atoms with Crippen molar-refractivity contribution >= 4 is 5.91 Å². The average molecular weight is 254 g/mol. The van der Waals surface area contributed by atoms with Gasteiger partial charge in [0.25, 0.3) is 0 Å². The maximum absolute atomic E-state index is 11.0. The average Bonchev–Trinajstić information content (AvgIpc) is 2.38. The molecule has 3 nitrogen and oxygen atoms in total. The maximum Gasteiger partial charge on any atom is 0.219 e. The fourth-order valence-corrected chi connectivity index (χ4v) is 2.27. The number of hydrogen-bond acceptors (Lipinski definition) is 2. The highest BCUT2D eigenvalue weighted by atomic mass is 16.1. The Balaban J connectivity index is 2.47. The fraction of sp³-hybridized carbons (Fsp3) is 0.188. The lowest BCUT2D eigenvalue weighted by Gasteiger charge is -2.16. The van der Waals surface area contributed by atoms with Gasteiger partial charge in [-0.1, -0.05) is 48.5 Å². The molecule has 0 aliphatic rings. The molecular formula is C16H18N2O. The van der Waals surface area contributed by atoms with Crippen LogP contribution in [0.5, 0.6) is 0 Å². The van der Waals surface area contributed by atoms with Gasteiger partial charge in [0.2, 0.25) is 5.91 Å². The molecule has 0 bridgehead atoms. The molecule has 0 saturated carbocycles. The summed E-state index contributed by atoms with van der Waals surface area (Å²) in [5.41, 5.74) is 15.7. The van der Waals surface area contributed by atoms with E-state index in [9.17, 15) is 4.79 Å². The highest BCUT2D eigenvalue weighted by Gasteiger charge is 2.14. The molecule has 2 rings (SSSR count). The quantitative estimate of drug-likeness (QED) is 0.880. The topological polar surface area (TPSA) is 69.1 Å². The third-order valence-electron chi connectivity index (χ3n) is 3.22. The van der Waals surface area contributed by atoms with E-state index in [-0.39, 0.29) is 18.4 Å². The van der Waals surface area contributed by atoms with Crippen molar-refractivity contribution < 1.29 is 4.79 Å². The predicted octanol–water partition coefficient (Wildman–Crippen LogP) is 2.54. The van der Waals surface area contributed by atoms with E-state index in [1.165, 1.54) is 5.56 Å². The zero-order chi connectivity index (χ0) is 13.8. The van der Waals surface area contributed by atoms with E-state index in [0.29, 0.717) is 0 Å². The van der Waals surface area contributed by atoms with Crippen molar-refractivity contribution in [2.75, 3.05) is 0 Å². The minimum atomic E-state index is -0.382. The Morgan fingerprint density at radius 2 is 1.63 bits per heavy atom. The number of benzene rings is 2. The molecule has 0 aliphatic carbocycles. The SMILES string of the molecule is Cc1ccccc1-c1ccccc1C(N)CC(N)=O. The molecule has 0 aromatic heterocycles. The Morgan fingerprint density at radius 1 is 1.05 bits per heavy atom. The highest BCUT2D eigenvalue weighted by Crippen LogP contribution is 2.30. The third-order valence-corrected chi connectivity index (χ3v) is 3.22. The number of carbonyl (C=O) groups is 1. The van der Waals surface area contributed by atoms with Crippen molar-refractivity contribution in [3.05, 3.63) is 59.7 Å². The van der Waals surface area contributed by atoms with Crippen LogP contribution in [0.2, 0.25) is 0 Å². The summed E-state index contributed by atoms with van der Waals surface area (Å²) in [5, 5.41) is 0. The molecule has 1 amide bonds. The van der Waals surface area contributed by atoms with E-state index >= 15 is 0 Å². The van der Waals surface area contributed by atoms with Crippen molar-refractivity contribution in [3.63, 3.8) is 0 Å². The second kappa shape index (κ2) is 5.67. The molecule has 3 heteroatoms. The molecule has 19 heavy (non-hydrogen) atoms. The number of rotatable bonds is 4. The summed E-state index contributed by atoms with van der Waals surface area (Å²) in [6.45, 7) is 2.06. The Bertz CT molecular complexity index is 593. The van der Waals surface area contributed by atoms with Gasteiger partial charge >= 0.3 is 0 Å². The van der Waals surface area contributed by atoms with Crippen LogP contribution in [0.1, 0.15) is 23.6 Å². The fourth-order valence-electron chi connectivity index (χ4n) is 2.27. The van der Waals surface area contributed by atoms with Crippen LogP contribution in [-0.4, -0.2) is 5.91 Å². The first kappa shape index (κ1) is 13.3. The molecule has 0 fully saturated rings. The van der Waals surface area contributed by atoms with Crippen molar-refractivity contribution in [1.82, 2.24) is 0 Å². The lowest BCUT2D eigenvalue weighted by Crippen LogP contribution is -2.21. The second-order valence-corrected chi connectivity index (χ2v) is 4.68. The van der Waals surface area contributed by atoms with Gasteiger partial charge in [-0.2, -0.15) is 0 Å². The monoisotopic (exact) mass is 254 g/mol. The summed E-state index contributed by atoms with van der Waals surface area (Å²) in [6.07, 6.45) is 0.156. The number of primary amides is 1. The van der Waals surface area contributed by atoms with E-state index in [1.807, 2.05) is 36.4 Å². The molecule has 1 atom stereocenters. The number of nitrogens with two attached hydrogens (primary N) is 2. The summed E-state index contributed by atoms with van der Waals surface area (Å²) < 4.78 is 0. The minimum Gasteiger partial charge on any atom is -0.370 e. The molecule has 1 unspecified atom stereocenters. The zero-order valence-electron chi connectivity index (χ0n) is 11.0. The van der Waals surface area contributed by atoms with Crippen LogP contribution < -0.4 is 11.5 Å². The summed E-state index contributed by atoms with van der Waals surface area (Å²) in [6, 6.07) is 15.6. The van der Waals surface area contributed by atoms with Gasteiger partial charge in [-0.15, -0.1) is 0 Å². The van der Waals surface area contributed by atoms with Crippen LogP contribution in [0.15, 0.2) is 48.5 Å². The summed E-state index contributed by atoms with van der Waals surface area (Å²) in [4.78, 5) is 11.0. The van der Waals surface area contributed by atoms with Gasteiger partial charge in [0.15, 0.2) is 0 Å². The van der Waals surface area contributed by atoms with Crippen LogP contribution in [0.4, 0.5) is 0 Å². The molecule has 2 aromatic carbocycles. The Hall–Kier alpha value is -2.13. The van der Waals surface area contributed by atoms with E-state index in [0.717, 1.165) is 16.7 Å². The first-order valence-electron chi connectivity index (χ1n) is 6.28. The van der Waals surface area contributed by atoms with Crippen molar-refractivity contribution in [2.24, 2.45) is 11.5 Å². The van der Waals surface area contributed by atoms with Crippen molar-refractivity contribution in [2.45, 2.75) is 19.4 Å². The van der Waals surface area contributed by atoms with Gasteiger partial charge < -0.3 is 11.5 Å². The van der Waals surface area contributed by atoms with Crippen LogP contribution in [0.3, 0.4) is 0 Å². The first-order chi connectivity index (χ1) is 9.09. The summed E-state index contributed by atoms with van der Waals surface area (Å²) >= 11 is 0. The molecule has 0 saturated heterocycles. The lowest BCUT2D eigenvalue weighted by molar-refractivity contribution is -0.118. The summed E-state index contributed by atoms with van der Waals surface area (Å²) in [7, 11) is 0. The number of hydrogen-bond donors (Lipinski definition) is 2. The Kier molecular flexibility index (Phi) is 3.97. The minimum absolute atomic E-state index is 0.156. The maximum atomic E-state index is 11.0. The summed E-state index contributed by atoms with van der Waals surface area (Å²) in [5.74, 6) is -0.382. The molecule has 0 heterocycles. The second-order valence-electron chi connectivity index (χ2n) is 4.68. The van der Waals surface area contributed by atoms with Crippen LogP contribution in [-0.2, 0) is 4.79 Å². The molecule has 0 radical (unpaired) electrons. The van der Waals surface area contributed by atoms with Crippen molar-refractivity contribution in [1.29, 1.82) is 0 Å². The zero-order valence-corrected chi connectivity index (χ0v) is 11.0. The predicted molar refractivity (Wildman–Crippen MR) is 77.4 cm³/mol. The van der Waals surface area contributed by atoms with Gasteiger partial charge in [0.05, 0.1) is 0 Å².